The smallest absolute Gasteiger partial charge is 0.110 e. The second kappa shape index (κ2) is 4.60. The van der Waals surface area contributed by atoms with Gasteiger partial charge < -0.3 is 0 Å². The molecule has 0 saturated heterocycles. The zero-order valence-corrected chi connectivity index (χ0v) is 7.40. The van der Waals surface area contributed by atoms with Gasteiger partial charge in [-0.2, -0.15) is 0 Å². The van der Waals surface area contributed by atoms with E-state index in [1.807, 2.05) is 12.1 Å². The van der Waals surface area contributed by atoms with Gasteiger partial charge in [-0.05, 0) is 0 Å². The van der Waals surface area contributed by atoms with Crippen molar-refractivity contribution in [3.05, 3.63) is 55.0 Å². The first-order valence-corrected chi connectivity index (χ1v) is 4.18. The lowest BCUT2D eigenvalue weighted by Gasteiger charge is -2.00. The van der Waals surface area contributed by atoms with E-state index in [-0.39, 0.29) is 0 Å². The molecule has 0 atom stereocenters. The minimum atomic E-state index is 0.476. The zero-order chi connectivity index (χ0) is 8.81. The summed E-state index contributed by atoms with van der Waals surface area (Å²) >= 11 is 0. The summed E-state index contributed by atoms with van der Waals surface area (Å²) in [6.45, 7) is 6.29. The van der Waals surface area contributed by atoms with E-state index in [9.17, 15) is 0 Å². The highest BCUT2D eigenvalue weighted by Crippen LogP contribution is 1.90. The van der Waals surface area contributed by atoms with Crippen LogP contribution in [0.4, 0.5) is 0 Å². The molecule has 1 heteroatoms. The third-order valence-corrected chi connectivity index (χ3v) is 1.86. The Morgan fingerprint density at radius 3 is 2.50 bits per heavy atom. The monoisotopic (exact) mass is 156 g/mol. The first-order valence-electron chi connectivity index (χ1n) is 4.18. The number of rotatable bonds is 3. The van der Waals surface area contributed by atoms with Gasteiger partial charge in [-0.1, -0.05) is 61.3 Å². The van der Waals surface area contributed by atoms with E-state index >= 15 is 0 Å². The molecular formula is C11H13B. The predicted octanol–water partition coefficient (Wildman–Crippen LogP) is 2.30. The number of allylic oxidation sites excluding steroid dienone is 2. The minimum absolute atomic E-state index is 0.476. The van der Waals surface area contributed by atoms with Gasteiger partial charge >= 0.3 is 0 Å². The van der Waals surface area contributed by atoms with Crippen LogP contribution in [0.3, 0.4) is 0 Å². The van der Waals surface area contributed by atoms with E-state index < -0.39 is 0 Å². The van der Waals surface area contributed by atoms with Gasteiger partial charge in [0, 0.05) is 0 Å². The van der Waals surface area contributed by atoms with E-state index in [4.69, 9.17) is 0 Å². The topological polar surface area (TPSA) is 0 Å². The summed E-state index contributed by atoms with van der Waals surface area (Å²) < 4.78 is 0. The van der Waals surface area contributed by atoms with Crippen LogP contribution in [0.2, 0.25) is 6.82 Å². The van der Waals surface area contributed by atoms with Crippen molar-refractivity contribution in [2.45, 2.75) is 6.82 Å². The van der Waals surface area contributed by atoms with E-state index in [0.29, 0.717) is 6.71 Å². The van der Waals surface area contributed by atoms with E-state index in [1.54, 1.807) is 6.08 Å². The van der Waals surface area contributed by atoms with Gasteiger partial charge in [0.1, 0.15) is 0 Å². The Morgan fingerprint density at radius 1 is 1.25 bits per heavy atom. The molecule has 0 nitrogen and oxygen atoms in total. The van der Waals surface area contributed by atoms with Crippen LogP contribution < -0.4 is 5.46 Å². The molecule has 1 rings (SSSR count). The van der Waals surface area contributed by atoms with E-state index in [1.165, 1.54) is 5.46 Å². The van der Waals surface area contributed by atoms with Crippen molar-refractivity contribution in [2.75, 3.05) is 0 Å². The highest BCUT2D eigenvalue weighted by atomic mass is 13.8. The molecule has 0 fully saturated rings. The second-order valence-corrected chi connectivity index (χ2v) is 2.82. The standard InChI is InChI=1S/C11H13B/c1-3-4-10-12(2)11-8-6-5-7-9-11/h3-10H,1H2,2H3. The van der Waals surface area contributed by atoms with Gasteiger partial charge in [-0.3, -0.25) is 0 Å². The van der Waals surface area contributed by atoms with Crippen LogP contribution in [0.25, 0.3) is 0 Å². The fraction of sp³-hybridized carbons (Fsp3) is 0.0909. The molecule has 0 amide bonds. The van der Waals surface area contributed by atoms with Gasteiger partial charge in [-0.15, -0.1) is 5.98 Å². The lowest BCUT2D eigenvalue weighted by atomic mass is 9.47. The summed E-state index contributed by atoms with van der Waals surface area (Å²) in [7, 11) is 0. The van der Waals surface area contributed by atoms with Crippen LogP contribution in [0.15, 0.2) is 55.0 Å². The van der Waals surface area contributed by atoms with Crippen molar-refractivity contribution < 1.29 is 0 Å². The lowest BCUT2D eigenvalue weighted by molar-refractivity contribution is 1.75. The molecule has 1 aromatic rings. The summed E-state index contributed by atoms with van der Waals surface area (Å²) in [5.41, 5.74) is 1.34. The first kappa shape index (κ1) is 8.86. The fourth-order valence-corrected chi connectivity index (χ4v) is 1.11. The molecule has 60 valence electrons. The van der Waals surface area contributed by atoms with E-state index in [2.05, 4.69) is 43.6 Å². The SMILES string of the molecule is C=CC=CB(C)c1ccccc1. The van der Waals surface area contributed by atoms with Crippen LogP contribution in [0, 0.1) is 0 Å². The van der Waals surface area contributed by atoms with Crippen LogP contribution >= 0.6 is 0 Å². The average Bonchev–Trinajstić information content (AvgIpc) is 2.15. The molecule has 0 N–H and O–H groups in total. The molecule has 0 aliphatic heterocycles. The normalized spacial score (nSPS) is 10.1. The van der Waals surface area contributed by atoms with Crippen molar-refractivity contribution in [1.29, 1.82) is 0 Å². The largest absolute Gasteiger partial charge is 0.197 e. The second-order valence-electron chi connectivity index (χ2n) is 2.82. The Bertz CT molecular complexity index is 262. The van der Waals surface area contributed by atoms with Gasteiger partial charge in [0.05, 0.1) is 0 Å². The van der Waals surface area contributed by atoms with Gasteiger partial charge in [0.15, 0.2) is 6.71 Å². The van der Waals surface area contributed by atoms with Gasteiger partial charge in [0.2, 0.25) is 0 Å². The molecule has 0 heterocycles. The maximum atomic E-state index is 3.64. The highest BCUT2D eigenvalue weighted by Gasteiger charge is 2.02. The molecule has 0 spiro atoms. The third-order valence-electron chi connectivity index (χ3n) is 1.86. The molecule has 0 aromatic heterocycles. The first-order chi connectivity index (χ1) is 5.84. The quantitative estimate of drug-likeness (QED) is 0.465. The Labute approximate surface area is 74.7 Å². The molecule has 0 bridgehead atoms. The molecular weight excluding hydrogens is 143 g/mol. The third kappa shape index (κ3) is 2.42. The Kier molecular flexibility index (Phi) is 3.40. The number of hydrogen-bond donors (Lipinski definition) is 0. The molecule has 0 unspecified atom stereocenters. The number of hydrogen-bond acceptors (Lipinski definition) is 0. The summed E-state index contributed by atoms with van der Waals surface area (Å²) in [5.74, 6) is 2.14. The summed E-state index contributed by atoms with van der Waals surface area (Å²) in [4.78, 5) is 0. The Morgan fingerprint density at radius 2 is 1.92 bits per heavy atom. The van der Waals surface area contributed by atoms with Gasteiger partial charge in [-0.25, -0.2) is 0 Å². The predicted molar refractivity (Wildman–Crippen MR) is 57.0 cm³/mol. The van der Waals surface area contributed by atoms with Crippen molar-refractivity contribution in [3.63, 3.8) is 0 Å². The van der Waals surface area contributed by atoms with Crippen molar-refractivity contribution in [2.24, 2.45) is 0 Å². The van der Waals surface area contributed by atoms with E-state index in [0.717, 1.165) is 0 Å². The molecule has 12 heavy (non-hydrogen) atoms. The molecule has 1 aromatic carbocycles. The van der Waals surface area contributed by atoms with Crippen molar-refractivity contribution in [1.82, 2.24) is 0 Å². The molecule has 0 radical (unpaired) electrons. The minimum Gasteiger partial charge on any atom is -0.110 e. The fourth-order valence-electron chi connectivity index (χ4n) is 1.11. The lowest BCUT2D eigenvalue weighted by Crippen LogP contribution is -2.23. The van der Waals surface area contributed by atoms with Crippen LogP contribution in [-0.4, -0.2) is 6.71 Å². The Hall–Kier alpha value is -1.24. The van der Waals surface area contributed by atoms with Gasteiger partial charge in [0.25, 0.3) is 0 Å². The highest BCUT2D eigenvalue weighted by molar-refractivity contribution is 6.76. The van der Waals surface area contributed by atoms with Crippen LogP contribution in [-0.2, 0) is 0 Å². The van der Waals surface area contributed by atoms with Crippen molar-refractivity contribution in [3.8, 4) is 0 Å². The summed E-state index contributed by atoms with van der Waals surface area (Å²) in [5, 5.41) is 0. The molecule has 0 aliphatic carbocycles. The number of benzene rings is 1. The summed E-state index contributed by atoms with van der Waals surface area (Å²) in [6.07, 6.45) is 3.79. The Balaban J connectivity index is 2.71. The maximum absolute atomic E-state index is 3.64. The zero-order valence-electron chi connectivity index (χ0n) is 7.40. The average molecular weight is 156 g/mol. The van der Waals surface area contributed by atoms with Crippen LogP contribution in [0.1, 0.15) is 0 Å². The maximum Gasteiger partial charge on any atom is 0.197 e. The molecule has 0 saturated carbocycles. The summed E-state index contributed by atoms with van der Waals surface area (Å²) in [6, 6.07) is 10.4. The van der Waals surface area contributed by atoms with Crippen molar-refractivity contribution >= 4 is 12.2 Å². The van der Waals surface area contributed by atoms with Crippen LogP contribution in [0.5, 0.6) is 0 Å². The molecule has 0 aliphatic rings.